The van der Waals surface area contributed by atoms with Gasteiger partial charge >= 0.3 is 0 Å². The number of benzene rings is 1. The highest BCUT2D eigenvalue weighted by Gasteiger charge is 2.24. The third-order valence-electron chi connectivity index (χ3n) is 4.97. The Morgan fingerprint density at radius 2 is 2.12 bits per heavy atom. The van der Waals surface area contributed by atoms with Crippen molar-refractivity contribution in [3.05, 3.63) is 53.0 Å². The highest BCUT2D eigenvalue weighted by Crippen LogP contribution is 2.36. The lowest BCUT2D eigenvalue weighted by atomic mass is 10.2. The minimum absolute atomic E-state index is 0.00174. The van der Waals surface area contributed by atoms with Gasteiger partial charge in [-0.2, -0.15) is 0 Å². The van der Waals surface area contributed by atoms with E-state index in [0.29, 0.717) is 12.6 Å². The van der Waals surface area contributed by atoms with Gasteiger partial charge in [0.25, 0.3) is 5.91 Å². The number of hydrogen-bond acceptors (Lipinski definition) is 3. The fourth-order valence-corrected chi connectivity index (χ4v) is 4.54. The van der Waals surface area contributed by atoms with E-state index in [1.54, 1.807) is 18.4 Å². The summed E-state index contributed by atoms with van der Waals surface area (Å²) in [6.45, 7) is 0.500. The summed E-state index contributed by atoms with van der Waals surface area (Å²) in [5, 5.41) is 5.18. The van der Waals surface area contributed by atoms with Gasteiger partial charge in [0.2, 0.25) is 0 Å². The Kier molecular flexibility index (Phi) is 4.49. The Balaban J connectivity index is 1.57. The minimum Gasteiger partial charge on any atom is -0.497 e. The molecule has 2 aromatic heterocycles. The summed E-state index contributed by atoms with van der Waals surface area (Å²) in [6.07, 6.45) is 4.82. The van der Waals surface area contributed by atoms with Crippen LogP contribution in [0.25, 0.3) is 10.2 Å². The molecule has 0 aliphatic heterocycles. The van der Waals surface area contributed by atoms with E-state index in [1.165, 1.54) is 23.1 Å². The molecule has 2 heterocycles. The Labute approximate surface area is 151 Å². The summed E-state index contributed by atoms with van der Waals surface area (Å²) >= 11 is 1.70. The van der Waals surface area contributed by atoms with Gasteiger partial charge in [-0.05, 0) is 48.1 Å². The van der Waals surface area contributed by atoms with Crippen LogP contribution in [-0.2, 0) is 6.54 Å². The first kappa shape index (κ1) is 16.2. The van der Waals surface area contributed by atoms with Gasteiger partial charge in [0.1, 0.15) is 11.4 Å². The maximum atomic E-state index is 12.9. The zero-order valence-corrected chi connectivity index (χ0v) is 15.1. The monoisotopic (exact) mass is 354 g/mol. The lowest BCUT2D eigenvalue weighted by molar-refractivity contribution is 0.0940. The summed E-state index contributed by atoms with van der Waals surface area (Å²) in [7, 11) is 1.65. The standard InChI is InChI=1S/C20H22N2O2S/c1-24-16-8-4-5-14(11-16)13-21-20(23)18-12-19-17(9-10-25-19)22(18)15-6-2-3-7-15/h4-5,8-12,15H,2-3,6-7,13H2,1H3,(H,21,23). The summed E-state index contributed by atoms with van der Waals surface area (Å²) in [5.41, 5.74) is 3.02. The Morgan fingerprint density at radius 3 is 2.92 bits per heavy atom. The van der Waals surface area contributed by atoms with Crippen LogP contribution < -0.4 is 10.1 Å². The molecular weight excluding hydrogens is 332 g/mol. The first-order chi connectivity index (χ1) is 12.3. The second-order valence-corrected chi connectivity index (χ2v) is 7.49. The van der Waals surface area contributed by atoms with Gasteiger partial charge in [-0.3, -0.25) is 4.79 Å². The summed E-state index contributed by atoms with van der Waals surface area (Å²) in [4.78, 5) is 12.9. The van der Waals surface area contributed by atoms with Gasteiger partial charge in [0, 0.05) is 12.6 Å². The van der Waals surface area contributed by atoms with Gasteiger partial charge in [-0.25, -0.2) is 0 Å². The van der Waals surface area contributed by atoms with Crippen molar-refractivity contribution in [3.8, 4) is 5.75 Å². The van der Waals surface area contributed by atoms with Crippen LogP contribution in [0.2, 0.25) is 0 Å². The van der Waals surface area contributed by atoms with E-state index in [2.05, 4.69) is 21.3 Å². The molecule has 0 unspecified atom stereocenters. The molecule has 25 heavy (non-hydrogen) atoms. The zero-order valence-electron chi connectivity index (χ0n) is 14.3. The van der Waals surface area contributed by atoms with E-state index in [4.69, 9.17) is 4.74 Å². The molecule has 0 saturated heterocycles. The number of carbonyl (C=O) groups excluding carboxylic acids is 1. The van der Waals surface area contributed by atoms with Crippen LogP contribution in [0, 0.1) is 0 Å². The lowest BCUT2D eigenvalue weighted by Gasteiger charge is -2.17. The molecule has 1 fully saturated rings. The van der Waals surface area contributed by atoms with E-state index in [-0.39, 0.29) is 5.91 Å². The van der Waals surface area contributed by atoms with Crippen molar-refractivity contribution in [1.82, 2.24) is 9.88 Å². The smallest absolute Gasteiger partial charge is 0.268 e. The van der Waals surface area contributed by atoms with Crippen molar-refractivity contribution in [2.24, 2.45) is 0 Å². The second kappa shape index (κ2) is 6.92. The fraction of sp³-hybridized carbons (Fsp3) is 0.350. The lowest BCUT2D eigenvalue weighted by Crippen LogP contribution is -2.26. The van der Waals surface area contributed by atoms with Crippen LogP contribution in [0.4, 0.5) is 0 Å². The summed E-state index contributed by atoms with van der Waals surface area (Å²) in [6, 6.07) is 12.4. The molecule has 1 aliphatic rings. The average Bonchev–Trinajstić information content (AvgIpc) is 3.36. The molecule has 5 heteroatoms. The Hall–Kier alpha value is -2.27. The third kappa shape index (κ3) is 3.16. The molecule has 0 spiro atoms. The molecule has 0 bridgehead atoms. The molecule has 130 valence electrons. The number of ether oxygens (including phenoxy) is 1. The molecule has 4 rings (SSSR count). The van der Waals surface area contributed by atoms with Crippen LogP contribution in [-0.4, -0.2) is 17.6 Å². The molecule has 3 aromatic rings. The maximum absolute atomic E-state index is 12.9. The number of methoxy groups -OCH3 is 1. The van der Waals surface area contributed by atoms with Crippen molar-refractivity contribution in [2.45, 2.75) is 38.3 Å². The van der Waals surface area contributed by atoms with Crippen LogP contribution in [0.1, 0.15) is 47.8 Å². The molecule has 0 atom stereocenters. The predicted octanol–water partition coefficient (Wildman–Crippen LogP) is 4.76. The third-order valence-corrected chi connectivity index (χ3v) is 5.82. The van der Waals surface area contributed by atoms with E-state index in [0.717, 1.165) is 29.8 Å². The first-order valence-electron chi connectivity index (χ1n) is 8.76. The first-order valence-corrected chi connectivity index (χ1v) is 9.64. The Bertz CT molecular complexity index is 890. The fourth-order valence-electron chi connectivity index (χ4n) is 3.73. The van der Waals surface area contributed by atoms with Gasteiger partial charge < -0.3 is 14.6 Å². The number of hydrogen-bond donors (Lipinski definition) is 1. The van der Waals surface area contributed by atoms with E-state index < -0.39 is 0 Å². The van der Waals surface area contributed by atoms with Crippen molar-refractivity contribution in [3.63, 3.8) is 0 Å². The van der Waals surface area contributed by atoms with Crippen LogP contribution in [0.15, 0.2) is 41.8 Å². The number of fused-ring (bicyclic) bond motifs is 1. The number of carbonyl (C=O) groups is 1. The number of aromatic nitrogens is 1. The number of thiophene rings is 1. The van der Waals surface area contributed by atoms with Gasteiger partial charge in [-0.1, -0.05) is 25.0 Å². The van der Waals surface area contributed by atoms with E-state index in [1.807, 2.05) is 30.3 Å². The SMILES string of the molecule is COc1cccc(CNC(=O)c2cc3sccc3n2C2CCCC2)c1. The minimum atomic E-state index is -0.00174. The average molecular weight is 354 g/mol. The molecule has 1 amide bonds. The molecule has 1 N–H and O–H groups in total. The topological polar surface area (TPSA) is 43.3 Å². The quantitative estimate of drug-likeness (QED) is 0.718. The molecule has 1 aliphatic carbocycles. The van der Waals surface area contributed by atoms with Gasteiger partial charge in [0.15, 0.2) is 0 Å². The van der Waals surface area contributed by atoms with Gasteiger partial charge in [0.05, 0.1) is 17.3 Å². The van der Waals surface area contributed by atoms with Crippen LogP contribution >= 0.6 is 11.3 Å². The van der Waals surface area contributed by atoms with Crippen molar-refractivity contribution in [1.29, 1.82) is 0 Å². The molecular formula is C20H22N2O2S. The van der Waals surface area contributed by atoms with E-state index in [9.17, 15) is 4.79 Å². The Morgan fingerprint density at radius 1 is 1.28 bits per heavy atom. The summed E-state index contributed by atoms with van der Waals surface area (Å²) < 4.78 is 8.70. The second-order valence-electron chi connectivity index (χ2n) is 6.54. The van der Waals surface area contributed by atoms with Crippen molar-refractivity contribution < 1.29 is 9.53 Å². The maximum Gasteiger partial charge on any atom is 0.268 e. The van der Waals surface area contributed by atoms with Crippen LogP contribution in [0.3, 0.4) is 0 Å². The number of nitrogens with one attached hydrogen (secondary N) is 1. The highest BCUT2D eigenvalue weighted by molar-refractivity contribution is 7.17. The van der Waals surface area contributed by atoms with Gasteiger partial charge in [-0.15, -0.1) is 11.3 Å². The summed E-state index contributed by atoms with van der Waals surface area (Å²) in [5.74, 6) is 0.805. The number of rotatable bonds is 5. The number of amides is 1. The van der Waals surface area contributed by atoms with E-state index >= 15 is 0 Å². The molecule has 1 aromatic carbocycles. The zero-order chi connectivity index (χ0) is 17.2. The molecule has 1 saturated carbocycles. The number of nitrogens with zero attached hydrogens (tertiary/aromatic N) is 1. The largest absolute Gasteiger partial charge is 0.497 e. The molecule has 4 nitrogen and oxygen atoms in total. The predicted molar refractivity (Wildman–Crippen MR) is 101 cm³/mol. The highest BCUT2D eigenvalue weighted by atomic mass is 32.1. The normalized spacial score (nSPS) is 14.9. The molecule has 0 radical (unpaired) electrons. The van der Waals surface area contributed by atoms with Crippen LogP contribution in [0.5, 0.6) is 5.75 Å². The van der Waals surface area contributed by atoms with Crippen molar-refractivity contribution in [2.75, 3.05) is 7.11 Å². The van der Waals surface area contributed by atoms with Crippen molar-refractivity contribution >= 4 is 27.5 Å².